The number of fused-ring (bicyclic) bond motifs is 3. The van der Waals surface area contributed by atoms with Gasteiger partial charge in [-0.2, -0.15) is 5.10 Å². The van der Waals surface area contributed by atoms with Gasteiger partial charge in [0.2, 0.25) is 0 Å². The zero-order valence-electron chi connectivity index (χ0n) is 21.7. The van der Waals surface area contributed by atoms with Crippen LogP contribution in [0.1, 0.15) is 49.4 Å². The molecule has 0 saturated heterocycles. The highest BCUT2D eigenvalue weighted by atomic mass is 16.5. The Morgan fingerprint density at radius 2 is 1.80 bits per heavy atom. The molecular weight excluding hydrogens is 442 g/mol. The van der Waals surface area contributed by atoms with E-state index in [2.05, 4.69) is 47.4 Å². The largest absolute Gasteiger partial charge is 0.496 e. The molecule has 0 aliphatic heterocycles. The second-order valence-electron chi connectivity index (χ2n) is 10.1. The van der Waals surface area contributed by atoms with Crippen molar-refractivity contribution in [2.24, 2.45) is 7.05 Å². The molecule has 0 aliphatic carbocycles. The van der Waals surface area contributed by atoms with E-state index in [1.54, 1.807) is 7.11 Å². The fraction of sp³-hybridized carbons (Fsp3) is 0.385. The van der Waals surface area contributed by atoms with Gasteiger partial charge in [0.15, 0.2) is 0 Å². The molecule has 4 aromatic heterocycles. The molecule has 182 valence electrons. The van der Waals surface area contributed by atoms with E-state index in [0.717, 1.165) is 73.2 Å². The molecule has 5 rings (SSSR count). The van der Waals surface area contributed by atoms with Gasteiger partial charge < -0.3 is 19.6 Å². The van der Waals surface area contributed by atoms with Gasteiger partial charge in [0.05, 0.1) is 40.8 Å². The molecule has 9 heteroatoms. The van der Waals surface area contributed by atoms with Crippen LogP contribution in [0, 0.1) is 27.7 Å². The second kappa shape index (κ2) is 7.83. The van der Waals surface area contributed by atoms with Gasteiger partial charge in [-0.05, 0) is 39.8 Å². The highest BCUT2D eigenvalue weighted by Gasteiger charge is 2.27. The summed E-state index contributed by atoms with van der Waals surface area (Å²) in [5.74, 6) is 2.87. The number of hydrogen-bond acceptors (Lipinski definition) is 7. The first-order valence-electron chi connectivity index (χ1n) is 11.6. The third-order valence-corrected chi connectivity index (χ3v) is 6.36. The average Bonchev–Trinajstić information content (AvgIpc) is 3.38. The van der Waals surface area contributed by atoms with Gasteiger partial charge >= 0.3 is 0 Å². The lowest BCUT2D eigenvalue weighted by molar-refractivity contribution is 0.393. The minimum absolute atomic E-state index is 0.105. The van der Waals surface area contributed by atoms with Crippen molar-refractivity contribution in [3.05, 3.63) is 40.8 Å². The lowest BCUT2D eigenvalue weighted by Gasteiger charge is -2.21. The number of benzene rings is 1. The number of methoxy groups -OCH3 is 1. The zero-order chi connectivity index (χ0) is 25.2. The Morgan fingerprint density at radius 1 is 1.06 bits per heavy atom. The predicted molar refractivity (Wildman–Crippen MR) is 138 cm³/mol. The molecule has 5 aromatic rings. The van der Waals surface area contributed by atoms with Crippen molar-refractivity contribution in [3.8, 4) is 16.9 Å². The summed E-state index contributed by atoms with van der Waals surface area (Å²) in [5.41, 5.74) is 7.24. The van der Waals surface area contributed by atoms with Crippen molar-refractivity contribution >= 4 is 33.4 Å². The molecule has 0 unspecified atom stereocenters. The van der Waals surface area contributed by atoms with Crippen LogP contribution < -0.4 is 10.1 Å². The number of ether oxygens (including phenoxy) is 1. The van der Waals surface area contributed by atoms with Crippen molar-refractivity contribution in [1.29, 1.82) is 0 Å². The number of rotatable bonds is 4. The third kappa shape index (κ3) is 3.62. The second-order valence-corrected chi connectivity index (χ2v) is 10.1. The van der Waals surface area contributed by atoms with Gasteiger partial charge in [-0.25, -0.2) is 9.97 Å². The molecule has 0 aliphatic rings. The molecule has 0 amide bonds. The molecule has 4 heterocycles. The van der Waals surface area contributed by atoms with Crippen LogP contribution in [0.25, 0.3) is 33.1 Å². The number of nitrogens with zero attached hydrogens (tertiary/aromatic N) is 5. The van der Waals surface area contributed by atoms with E-state index in [1.807, 2.05) is 45.5 Å². The van der Waals surface area contributed by atoms with Crippen LogP contribution in [0.3, 0.4) is 0 Å². The lowest BCUT2D eigenvalue weighted by atomic mass is 9.90. The molecule has 9 nitrogen and oxygen atoms in total. The summed E-state index contributed by atoms with van der Waals surface area (Å²) < 4.78 is 13.2. The number of aromatic nitrogens is 6. The quantitative estimate of drug-likeness (QED) is 0.340. The number of hydrogen-bond donors (Lipinski definition) is 2. The van der Waals surface area contributed by atoms with Gasteiger partial charge in [0, 0.05) is 28.9 Å². The summed E-state index contributed by atoms with van der Waals surface area (Å²) in [6.07, 6.45) is 0. The lowest BCUT2D eigenvalue weighted by Crippen LogP contribution is -2.18. The van der Waals surface area contributed by atoms with Gasteiger partial charge in [-0.3, -0.25) is 4.68 Å². The third-order valence-electron chi connectivity index (χ3n) is 6.36. The summed E-state index contributed by atoms with van der Waals surface area (Å²) in [7, 11) is 3.65. The van der Waals surface area contributed by atoms with E-state index in [9.17, 15) is 0 Å². The van der Waals surface area contributed by atoms with Crippen molar-refractivity contribution in [2.45, 2.75) is 53.9 Å². The Labute approximate surface area is 203 Å². The summed E-state index contributed by atoms with van der Waals surface area (Å²) in [5, 5.41) is 14.3. The minimum atomic E-state index is -0.105. The summed E-state index contributed by atoms with van der Waals surface area (Å²) >= 11 is 0. The maximum atomic E-state index is 5.82. The Bertz CT molecular complexity index is 1580. The number of anilines is 2. The van der Waals surface area contributed by atoms with Crippen molar-refractivity contribution < 1.29 is 9.26 Å². The maximum absolute atomic E-state index is 5.82. The molecule has 2 N–H and O–H groups in total. The normalized spacial score (nSPS) is 12.1. The molecule has 0 atom stereocenters. The van der Waals surface area contributed by atoms with Gasteiger partial charge in [-0.1, -0.05) is 25.9 Å². The monoisotopic (exact) mass is 473 g/mol. The van der Waals surface area contributed by atoms with Crippen LogP contribution in [0.5, 0.6) is 5.75 Å². The zero-order valence-corrected chi connectivity index (χ0v) is 21.7. The van der Waals surface area contributed by atoms with Crippen molar-refractivity contribution in [3.63, 3.8) is 0 Å². The molecule has 0 saturated carbocycles. The first-order chi connectivity index (χ1) is 16.5. The number of H-pyrrole nitrogens is 1. The Hall–Kier alpha value is -3.88. The van der Waals surface area contributed by atoms with Crippen LogP contribution >= 0.6 is 0 Å². The number of aryl methyl sites for hydroxylation is 5. The van der Waals surface area contributed by atoms with Crippen LogP contribution in [-0.4, -0.2) is 37.0 Å². The van der Waals surface area contributed by atoms with Crippen LogP contribution in [-0.2, 0) is 12.5 Å². The fourth-order valence-corrected chi connectivity index (χ4v) is 5.04. The molecule has 0 bridgehead atoms. The molecule has 35 heavy (non-hydrogen) atoms. The fourth-order valence-electron chi connectivity index (χ4n) is 5.04. The standard InChI is InChI=1S/C26H31N7O2/c1-12-20(14(3)35-32-12)17-10-18-16(11-19(17)34-9)21-24(29-18)27-15(4)28-25(21)30-22-13(2)31-33(8)23(22)26(5,6)7/h10-11H,1-9H3,(H2,27,28,29,30). The number of nitrogens with one attached hydrogen (secondary N) is 2. The molecular formula is C26H31N7O2. The summed E-state index contributed by atoms with van der Waals surface area (Å²) in [4.78, 5) is 13.0. The van der Waals surface area contributed by atoms with Crippen LogP contribution in [0.4, 0.5) is 11.5 Å². The summed E-state index contributed by atoms with van der Waals surface area (Å²) in [6.45, 7) is 14.3. The van der Waals surface area contributed by atoms with E-state index < -0.39 is 0 Å². The highest BCUT2D eigenvalue weighted by Crippen LogP contribution is 2.42. The Kier molecular flexibility index (Phi) is 5.12. The average molecular weight is 474 g/mol. The molecule has 0 radical (unpaired) electrons. The van der Waals surface area contributed by atoms with E-state index in [-0.39, 0.29) is 5.41 Å². The van der Waals surface area contributed by atoms with E-state index in [0.29, 0.717) is 5.82 Å². The van der Waals surface area contributed by atoms with Gasteiger partial charge in [0.25, 0.3) is 0 Å². The molecule has 1 aromatic carbocycles. The summed E-state index contributed by atoms with van der Waals surface area (Å²) in [6, 6.07) is 4.09. The highest BCUT2D eigenvalue weighted by molar-refractivity contribution is 6.13. The SMILES string of the molecule is COc1cc2c(cc1-c1c(C)noc1C)[nH]c1nc(C)nc(Nc3c(C)nn(C)c3C(C)(C)C)c12. The van der Waals surface area contributed by atoms with E-state index in [1.165, 1.54) is 0 Å². The molecule has 0 spiro atoms. The maximum Gasteiger partial charge on any atom is 0.144 e. The topological polar surface area (TPSA) is 107 Å². The van der Waals surface area contributed by atoms with Crippen molar-refractivity contribution in [2.75, 3.05) is 12.4 Å². The first kappa shape index (κ1) is 22.9. The van der Waals surface area contributed by atoms with Crippen LogP contribution in [0.15, 0.2) is 16.7 Å². The first-order valence-corrected chi connectivity index (χ1v) is 11.6. The Morgan fingerprint density at radius 3 is 2.43 bits per heavy atom. The van der Waals surface area contributed by atoms with E-state index in [4.69, 9.17) is 19.2 Å². The van der Waals surface area contributed by atoms with Crippen molar-refractivity contribution in [1.82, 2.24) is 29.9 Å². The predicted octanol–water partition coefficient (Wildman–Crippen LogP) is 5.78. The molecule has 0 fully saturated rings. The smallest absolute Gasteiger partial charge is 0.144 e. The van der Waals surface area contributed by atoms with Crippen LogP contribution in [0.2, 0.25) is 0 Å². The van der Waals surface area contributed by atoms with E-state index >= 15 is 0 Å². The number of aromatic amines is 1. The minimum Gasteiger partial charge on any atom is -0.496 e. The Balaban J connectivity index is 1.76. The van der Waals surface area contributed by atoms with Gasteiger partial charge in [-0.15, -0.1) is 0 Å². The van der Waals surface area contributed by atoms with Gasteiger partial charge in [0.1, 0.15) is 28.8 Å².